The molecule has 4 aliphatic rings. The van der Waals surface area contributed by atoms with Crippen LogP contribution in [0, 0.1) is 32.8 Å². The molecule has 6 rings (SSSR count). The molecule has 45 heavy (non-hydrogen) atoms. The summed E-state index contributed by atoms with van der Waals surface area (Å²) in [4.78, 5) is 41.4. The van der Waals surface area contributed by atoms with Gasteiger partial charge in [0.2, 0.25) is 0 Å². The smallest absolute Gasteiger partial charge is 0.402 e. The van der Waals surface area contributed by atoms with Crippen LogP contribution in [0.2, 0.25) is 0 Å². The zero-order valence-electron chi connectivity index (χ0n) is 22.7. The van der Waals surface area contributed by atoms with Gasteiger partial charge in [-0.1, -0.05) is 0 Å². The summed E-state index contributed by atoms with van der Waals surface area (Å²) in [6.45, 7) is -1.85. The van der Waals surface area contributed by atoms with Crippen molar-refractivity contribution in [1.82, 2.24) is 10.6 Å². The van der Waals surface area contributed by atoms with Crippen LogP contribution in [0.4, 0.5) is 8.78 Å². The fourth-order valence-corrected chi connectivity index (χ4v) is 12.4. The van der Waals surface area contributed by atoms with Gasteiger partial charge in [0.1, 0.15) is 0 Å². The molecule has 2 aromatic rings. The highest BCUT2D eigenvalue weighted by atomic mass is 127. The first-order valence-electron chi connectivity index (χ1n) is 13.2. The van der Waals surface area contributed by atoms with E-state index < -0.39 is 44.4 Å². The van der Waals surface area contributed by atoms with Crippen LogP contribution in [-0.4, -0.2) is 53.7 Å². The Labute approximate surface area is 339 Å². The molecule has 0 radical (unpaired) electrons. The number of ether oxygens (including phenoxy) is 1. The summed E-state index contributed by atoms with van der Waals surface area (Å²) in [6, 6.07) is 7.41. The second kappa shape index (κ2) is 13.3. The van der Waals surface area contributed by atoms with E-state index in [0.29, 0.717) is 30.4 Å². The third-order valence-corrected chi connectivity index (χ3v) is 16.7. The predicted molar refractivity (Wildman–Crippen MR) is 211 cm³/mol. The fraction of sp³-hybridized carbons (Fsp3) is 0.444. The van der Waals surface area contributed by atoms with Crippen molar-refractivity contribution in [2.24, 2.45) is 11.3 Å². The summed E-state index contributed by atoms with van der Waals surface area (Å²) >= 11 is 12.8. The third kappa shape index (κ3) is 7.55. The monoisotopic (exact) mass is 1320 g/mol. The molecule has 2 amide bonds. The van der Waals surface area contributed by atoms with E-state index in [-0.39, 0.29) is 37.0 Å². The number of carbonyl (C=O) groups is 3. The number of hydrogen-bond acceptors (Lipinski definition) is 6. The predicted octanol–water partition coefficient (Wildman–Crippen LogP) is 6.96. The van der Waals surface area contributed by atoms with Crippen LogP contribution in [0.5, 0.6) is 0 Å². The minimum absolute atomic E-state index is 0.0619. The molecule has 0 aliphatic heterocycles. The number of nitrogens with one attached hydrogen (secondary N) is 2. The van der Waals surface area contributed by atoms with Gasteiger partial charge < -0.3 is 15.4 Å². The second-order valence-corrected chi connectivity index (χ2v) is 20.5. The van der Waals surface area contributed by atoms with Crippen molar-refractivity contribution in [2.45, 2.75) is 54.9 Å². The first kappa shape index (κ1) is 37.3. The Morgan fingerprint density at radius 2 is 1.27 bits per heavy atom. The van der Waals surface area contributed by atoms with E-state index in [1.165, 1.54) is 0 Å². The van der Waals surface area contributed by atoms with Gasteiger partial charge >= 0.3 is 21.3 Å². The molecular formula is C27H22F2I6N2O7S. The van der Waals surface area contributed by atoms with Crippen molar-refractivity contribution in [2.75, 3.05) is 6.61 Å². The number of hydrogen-bond donors (Lipinski definition) is 3. The summed E-state index contributed by atoms with van der Waals surface area (Å²) in [7, 11) is -5.82. The molecule has 3 N–H and O–H groups in total. The number of amides is 2. The molecule has 4 fully saturated rings. The Morgan fingerprint density at radius 1 is 0.822 bits per heavy atom. The molecule has 4 aliphatic carbocycles. The van der Waals surface area contributed by atoms with E-state index in [2.05, 4.69) is 146 Å². The Hall–Kier alpha value is 1.00. The average Bonchev–Trinajstić information content (AvgIpc) is 2.89. The number of halogens is 8. The zero-order valence-corrected chi connectivity index (χ0v) is 36.4. The van der Waals surface area contributed by atoms with Gasteiger partial charge in [-0.15, -0.1) is 0 Å². The number of esters is 1. The first-order chi connectivity index (χ1) is 20.7. The van der Waals surface area contributed by atoms with Crippen LogP contribution in [0.3, 0.4) is 0 Å². The maximum absolute atomic E-state index is 14.1. The van der Waals surface area contributed by atoms with Crippen LogP contribution in [-0.2, 0) is 19.6 Å². The number of carbonyl (C=O) groups excluding carboxylic acids is 3. The summed E-state index contributed by atoms with van der Waals surface area (Å²) in [5.41, 5.74) is -2.47. The highest BCUT2D eigenvalue weighted by molar-refractivity contribution is 14.1. The van der Waals surface area contributed by atoms with Gasteiger partial charge in [-0.3, -0.25) is 18.9 Å². The molecule has 244 valence electrons. The second-order valence-electron chi connectivity index (χ2n) is 11.9. The van der Waals surface area contributed by atoms with Gasteiger partial charge in [0, 0.05) is 32.5 Å². The minimum atomic E-state index is -5.82. The van der Waals surface area contributed by atoms with Crippen molar-refractivity contribution in [3.05, 3.63) is 56.8 Å². The van der Waals surface area contributed by atoms with Crippen molar-refractivity contribution >= 4 is 163 Å². The first-order valence-corrected chi connectivity index (χ1v) is 21.1. The molecular weight excluding hydrogens is 1300 g/mol. The van der Waals surface area contributed by atoms with Gasteiger partial charge in [0.25, 0.3) is 11.8 Å². The average molecular weight is 1320 g/mol. The molecule has 0 saturated heterocycles. The normalized spacial score (nSPS) is 27.3. The zero-order chi connectivity index (χ0) is 33.3. The maximum atomic E-state index is 14.1. The summed E-state index contributed by atoms with van der Waals surface area (Å²) in [5, 5.41) is 1.67. The van der Waals surface area contributed by atoms with Crippen molar-refractivity contribution in [3.8, 4) is 0 Å². The molecule has 2 aromatic carbocycles. The van der Waals surface area contributed by atoms with Crippen molar-refractivity contribution < 1.29 is 40.9 Å². The Kier molecular flexibility index (Phi) is 11.0. The molecule has 0 spiro atoms. The van der Waals surface area contributed by atoms with E-state index in [4.69, 9.17) is 9.29 Å². The van der Waals surface area contributed by atoms with E-state index in [0.717, 1.165) is 21.4 Å². The molecule has 4 saturated carbocycles. The van der Waals surface area contributed by atoms with Crippen LogP contribution in [0.25, 0.3) is 0 Å². The Morgan fingerprint density at radius 3 is 1.69 bits per heavy atom. The number of benzene rings is 2. The topological polar surface area (TPSA) is 139 Å². The summed E-state index contributed by atoms with van der Waals surface area (Å²) in [6.07, 6.45) is 1.69. The highest BCUT2D eigenvalue weighted by Gasteiger charge is 2.67. The molecule has 0 heterocycles. The lowest BCUT2D eigenvalue weighted by Gasteiger charge is -2.65. The molecule has 2 unspecified atom stereocenters. The van der Waals surface area contributed by atoms with Crippen molar-refractivity contribution in [3.63, 3.8) is 0 Å². The lowest BCUT2D eigenvalue weighted by atomic mass is 9.44. The molecule has 18 heteroatoms. The van der Waals surface area contributed by atoms with Gasteiger partial charge in [0.05, 0.1) is 16.5 Å². The van der Waals surface area contributed by atoms with Crippen LogP contribution >= 0.6 is 136 Å². The van der Waals surface area contributed by atoms with Crippen LogP contribution in [0.15, 0.2) is 24.3 Å². The van der Waals surface area contributed by atoms with Crippen LogP contribution < -0.4 is 10.6 Å². The molecule has 0 aromatic heterocycles. The van der Waals surface area contributed by atoms with Gasteiger partial charge in [-0.2, -0.15) is 17.2 Å². The lowest BCUT2D eigenvalue weighted by Crippen LogP contribution is -2.73. The molecule has 2 atom stereocenters. The molecule has 4 bridgehead atoms. The Balaban J connectivity index is 1.52. The SMILES string of the molecule is O=C(NC12CC3CC(NC(=O)c4cc(I)cc(I)c4I)(C1)CC(C(=O)OCC(F)(F)S(=O)(=O)O)(C3)C2)c1cc(I)cc(I)c1I. The number of rotatable bonds is 8. The van der Waals surface area contributed by atoms with Gasteiger partial charge in [-0.05, 0) is 204 Å². The Bertz CT molecular complexity index is 1660. The fourth-order valence-electron chi connectivity index (χ4n) is 7.38. The van der Waals surface area contributed by atoms with E-state index in [9.17, 15) is 31.6 Å². The van der Waals surface area contributed by atoms with E-state index >= 15 is 0 Å². The highest BCUT2D eigenvalue weighted by Crippen LogP contribution is 2.63. The van der Waals surface area contributed by atoms with Crippen molar-refractivity contribution in [1.29, 1.82) is 0 Å². The largest absolute Gasteiger partial charge is 0.458 e. The van der Waals surface area contributed by atoms with Gasteiger partial charge in [0.15, 0.2) is 6.61 Å². The van der Waals surface area contributed by atoms with Gasteiger partial charge in [-0.25, -0.2) is 0 Å². The van der Waals surface area contributed by atoms with E-state index in [1.807, 2.05) is 12.1 Å². The van der Waals surface area contributed by atoms with E-state index in [1.54, 1.807) is 12.1 Å². The minimum Gasteiger partial charge on any atom is -0.458 e. The number of alkyl halides is 2. The van der Waals surface area contributed by atoms with Crippen LogP contribution in [0.1, 0.15) is 59.2 Å². The molecule has 9 nitrogen and oxygen atoms in total. The third-order valence-electron chi connectivity index (χ3n) is 8.48. The summed E-state index contributed by atoms with van der Waals surface area (Å²) in [5.74, 6) is -1.95. The lowest BCUT2D eigenvalue weighted by molar-refractivity contribution is -0.183. The standard InChI is InChI=1S/C27H22F2I6N2O7S/c28-27(29,45(41,42)43)11-44-23(40)24-5-12-6-25(8-24,36-21(38)15-1-13(30)3-17(32)19(15)34)10-26(7-12,9-24)37-22(39)16-2-14(31)4-18(33)20(16)35/h1-4,12H,5-11H2,(H,36,38)(H,37,39)(H,41,42,43). The maximum Gasteiger partial charge on any atom is 0.402 e. The quantitative estimate of drug-likeness (QED) is 0.113. The summed E-state index contributed by atoms with van der Waals surface area (Å²) < 4.78 is 69.5.